The summed E-state index contributed by atoms with van der Waals surface area (Å²) in [6.45, 7) is 5.76. The van der Waals surface area contributed by atoms with Gasteiger partial charge in [0.25, 0.3) is 5.91 Å². The number of carbonyl (C=O) groups is 2. The van der Waals surface area contributed by atoms with Crippen LogP contribution in [0.25, 0.3) is 0 Å². The molecule has 0 aliphatic heterocycles. The average Bonchev–Trinajstić information content (AvgIpc) is 2.37. The summed E-state index contributed by atoms with van der Waals surface area (Å²) < 4.78 is 0. The number of rotatable bonds is 6. The van der Waals surface area contributed by atoms with Crippen LogP contribution in [0.5, 0.6) is 0 Å². The minimum Gasteiger partial charge on any atom is -0.353 e. The highest BCUT2D eigenvalue weighted by Gasteiger charge is 2.12. The molecule has 0 bridgehead atoms. The molecule has 4 heteroatoms. The number of nitrogens with one attached hydrogen (secondary N) is 2. The van der Waals surface area contributed by atoms with Gasteiger partial charge in [0.05, 0.1) is 0 Å². The summed E-state index contributed by atoms with van der Waals surface area (Å²) in [5.74, 6) is -0.268. The standard InChI is InChI=1S/C14H18N2O2/c1-3-9-15-13(17)10-11(2)16-14(18)12-7-5-4-6-8-12/h3-8,11H,1,9-10H2,2H3,(H,15,17)(H,16,18). The molecule has 1 rings (SSSR count). The topological polar surface area (TPSA) is 58.2 Å². The molecule has 0 saturated carbocycles. The highest BCUT2D eigenvalue weighted by molar-refractivity contribution is 5.94. The molecule has 1 atom stereocenters. The van der Waals surface area contributed by atoms with Gasteiger partial charge in [-0.15, -0.1) is 6.58 Å². The highest BCUT2D eigenvalue weighted by atomic mass is 16.2. The Labute approximate surface area is 107 Å². The molecule has 0 saturated heterocycles. The summed E-state index contributed by atoms with van der Waals surface area (Å²) in [7, 11) is 0. The maximum atomic E-state index is 11.8. The van der Waals surface area contributed by atoms with Crippen LogP contribution in [0.15, 0.2) is 43.0 Å². The molecule has 0 heterocycles. The lowest BCUT2D eigenvalue weighted by molar-refractivity contribution is -0.121. The molecule has 0 aliphatic rings. The minimum absolute atomic E-state index is 0.101. The molecule has 0 fully saturated rings. The van der Waals surface area contributed by atoms with Gasteiger partial charge in [-0.1, -0.05) is 24.3 Å². The van der Waals surface area contributed by atoms with E-state index in [0.29, 0.717) is 12.1 Å². The summed E-state index contributed by atoms with van der Waals surface area (Å²) in [5.41, 5.74) is 0.593. The van der Waals surface area contributed by atoms with Crippen molar-refractivity contribution in [3.05, 3.63) is 48.6 Å². The van der Waals surface area contributed by atoms with E-state index in [1.54, 1.807) is 37.3 Å². The fourth-order valence-electron chi connectivity index (χ4n) is 1.48. The number of amides is 2. The lowest BCUT2D eigenvalue weighted by Crippen LogP contribution is -2.37. The lowest BCUT2D eigenvalue weighted by Gasteiger charge is -2.13. The van der Waals surface area contributed by atoms with Crippen LogP contribution in [0.2, 0.25) is 0 Å². The maximum absolute atomic E-state index is 11.8. The van der Waals surface area contributed by atoms with Crippen molar-refractivity contribution in [3.63, 3.8) is 0 Å². The van der Waals surface area contributed by atoms with Crippen molar-refractivity contribution >= 4 is 11.8 Å². The van der Waals surface area contributed by atoms with Crippen LogP contribution in [0, 0.1) is 0 Å². The molecule has 4 nitrogen and oxygen atoms in total. The largest absolute Gasteiger partial charge is 0.353 e. The van der Waals surface area contributed by atoms with Crippen molar-refractivity contribution in [2.75, 3.05) is 6.54 Å². The third kappa shape index (κ3) is 4.82. The Kier molecular flexibility index (Phi) is 5.64. The first-order valence-electron chi connectivity index (χ1n) is 5.87. The minimum atomic E-state index is -0.206. The Bertz CT molecular complexity index is 415. The summed E-state index contributed by atoms with van der Waals surface area (Å²) in [5, 5.41) is 5.45. The predicted octanol–water partition coefficient (Wildman–Crippen LogP) is 1.50. The molecule has 96 valence electrons. The van der Waals surface area contributed by atoms with Crippen LogP contribution in [0.4, 0.5) is 0 Å². The van der Waals surface area contributed by atoms with Crippen LogP contribution in [0.3, 0.4) is 0 Å². The number of hydrogen-bond acceptors (Lipinski definition) is 2. The van der Waals surface area contributed by atoms with Crippen LogP contribution in [-0.2, 0) is 4.79 Å². The lowest BCUT2D eigenvalue weighted by atomic mass is 10.1. The first kappa shape index (κ1) is 14.0. The van der Waals surface area contributed by atoms with E-state index in [1.807, 2.05) is 6.07 Å². The molecule has 18 heavy (non-hydrogen) atoms. The second-order valence-electron chi connectivity index (χ2n) is 4.04. The second-order valence-corrected chi connectivity index (χ2v) is 4.04. The maximum Gasteiger partial charge on any atom is 0.251 e. The van der Waals surface area contributed by atoms with Gasteiger partial charge in [0, 0.05) is 24.6 Å². The highest BCUT2D eigenvalue weighted by Crippen LogP contribution is 2.00. The fourth-order valence-corrected chi connectivity index (χ4v) is 1.48. The van der Waals surface area contributed by atoms with Crippen molar-refractivity contribution in [3.8, 4) is 0 Å². The van der Waals surface area contributed by atoms with Crippen LogP contribution >= 0.6 is 0 Å². The summed E-state index contributed by atoms with van der Waals surface area (Å²) in [4.78, 5) is 23.2. The summed E-state index contributed by atoms with van der Waals surface area (Å²) in [6.07, 6.45) is 1.87. The molecule has 1 aromatic carbocycles. The summed E-state index contributed by atoms with van der Waals surface area (Å²) in [6, 6.07) is 8.72. The second kappa shape index (κ2) is 7.27. The van der Waals surface area contributed by atoms with Gasteiger partial charge in [0.15, 0.2) is 0 Å². The first-order chi connectivity index (χ1) is 8.63. The average molecular weight is 246 g/mol. The van der Waals surface area contributed by atoms with Crippen molar-refractivity contribution in [2.24, 2.45) is 0 Å². The van der Waals surface area contributed by atoms with Gasteiger partial charge in [-0.3, -0.25) is 9.59 Å². The molecular formula is C14H18N2O2. The Balaban J connectivity index is 2.40. The molecule has 2 amide bonds. The van der Waals surface area contributed by atoms with E-state index in [1.165, 1.54) is 0 Å². The van der Waals surface area contributed by atoms with E-state index in [4.69, 9.17) is 0 Å². The molecule has 0 radical (unpaired) electrons. The number of hydrogen-bond donors (Lipinski definition) is 2. The third-order valence-electron chi connectivity index (χ3n) is 2.35. The van der Waals surface area contributed by atoms with E-state index in [9.17, 15) is 9.59 Å². The van der Waals surface area contributed by atoms with E-state index in [0.717, 1.165) is 0 Å². The predicted molar refractivity (Wildman–Crippen MR) is 71.2 cm³/mol. The Morgan fingerprint density at radius 1 is 1.33 bits per heavy atom. The quantitative estimate of drug-likeness (QED) is 0.747. The van der Waals surface area contributed by atoms with Crippen molar-refractivity contribution < 1.29 is 9.59 Å². The normalized spacial score (nSPS) is 11.4. The van der Waals surface area contributed by atoms with Crippen molar-refractivity contribution in [1.82, 2.24) is 10.6 Å². The fraction of sp³-hybridized carbons (Fsp3) is 0.286. The zero-order valence-corrected chi connectivity index (χ0v) is 10.5. The molecule has 1 aromatic rings. The molecule has 2 N–H and O–H groups in total. The van der Waals surface area contributed by atoms with E-state index >= 15 is 0 Å². The Hall–Kier alpha value is -2.10. The number of carbonyl (C=O) groups excluding carboxylic acids is 2. The number of benzene rings is 1. The van der Waals surface area contributed by atoms with Crippen molar-refractivity contribution in [2.45, 2.75) is 19.4 Å². The van der Waals surface area contributed by atoms with Crippen LogP contribution in [-0.4, -0.2) is 24.4 Å². The van der Waals surface area contributed by atoms with Gasteiger partial charge in [-0.2, -0.15) is 0 Å². The van der Waals surface area contributed by atoms with Gasteiger partial charge in [-0.05, 0) is 19.1 Å². The molecule has 0 aliphatic carbocycles. The molecular weight excluding hydrogens is 228 g/mol. The van der Waals surface area contributed by atoms with Gasteiger partial charge in [-0.25, -0.2) is 0 Å². The van der Waals surface area contributed by atoms with Crippen LogP contribution < -0.4 is 10.6 Å². The van der Waals surface area contributed by atoms with Gasteiger partial charge < -0.3 is 10.6 Å². The Morgan fingerprint density at radius 3 is 2.61 bits per heavy atom. The smallest absolute Gasteiger partial charge is 0.251 e. The SMILES string of the molecule is C=CCNC(=O)CC(C)NC(=O)c1ccccc1. The van der Waals surface area contributed by atoms with Gasteiger partial charge in [0.1, 0.15) is 0 Å². The molecule has 0 aromatic heterocycles. The zero-order chi connectivity index (χ0) is 13.4. The van der Waals surface area contributed by atoms with E-state index < -0.39 is 0 Å². The van der Waals surface area contributed by atoms with Gasteiger partial charge >= 0.3 is 0 Å². The van der Waals surface area contributed by atoms with E-state index in [-0.39, 0.29) is 24.3 Å². The van der Waals surface area contributed by atoms with Gasteiger partial charge in [0.2, 0.25) is 5.91 Å². The van der Waals surface area contributed by atoms with E-state index in [2.05, 4.69) is 17.2 Å². The zero-order valence-electron chi connectivity index (χ0n) is 10.5. The Morgan fingerprint density at radius 2 is 2.00 bits per heavy atom. The summed E-state index contributed by atoms with van der Waals surface area (Å²) >= 11 is 0. The van der Waals surface area contributed by atoms with Crippen molar-refractivity contribution in [1.29, 1.82) is 0 Å². The monoisotopic (exact) mass is 246 g/mol. The van der Waals surface area contributed by atoms with Crippen LogP contribution in [0.1, 0.15) is 23.7 Å². The third-order valence-corrected chi connectivity index (χ3v) is 2.35. The first-order valence-corrected chi connectivity index (χ1v) is 5.87. The molecule has 1 unspecified atom stereocenters. The molecule has 0 spiro atoms.